The van der Waals surface area contributed by atoms with Gasteiger partial charge in [0.2, 0.25) is 0 Å². The molecule has 2 aromatic rings. The van der Waals surface area contributed by atoms with Crippen LogP contribution in [0.1, 0.15) is 17.8 Å². The standard InChI is InChI=1S/C12H13FN2OS/c1-7(14-2)11-6-15-12(17-11)9-4-3-8(16)5-10(9)13/h3-7,14,16H,1-2H3. The number of nitrogens with one attached hydrogen (secondary N) is 1. The van der Waals surface area contributed by atoms with Gasteiger partial charge in [-0.1, -0.05) is 0 Å². The molecule has 1 aromatic heterocycles. The molecule has 0 bridgehead atoms. The van der Waals surface area contributed by atoms with Crippen LogP contribution < -0.4 is 5.32 Å². The molecule has 1 unspecified atom stereocenters. The summed E-state index contributed by atoms with van der Waals surface area (Å²) in [6.45, 7) is 2.02. The Morgan fingerprint density at radius 1 is 1.47 bits per heavy atom. The summed E-state index contributed by atoms with van der Waals surface area (Å²) < 4.78 is 13.6. The first-order valence-electron chi connectivity index (χ1n) is 5.23. The molecule has 0 radical (unpaired) electrons. The maximum atomic E-state index is 13.6. The normalized spacial score (nSPS) is 12.6. The quantitative estimate of drug-likeness (QED) is 0.882. The van der Waals surface area contributed by atoms with Crippen LogP contribution in [0.5, 0.6) is 5.75 Å². The molecule has 1 atom stereocenters. The minimum Gasteiger partial charge on any atom is -0.508 e. The lowest BCUT2D eigenvalue weighted by Crippen LogP contribution is -2.10. The Morgan fingerprint density at radius 3 is 2.88 bits per heavy atom. The predicted octanol–water partition coefficient (Wildman–Crippen LogP) is 2.94. The maximum absolute atomic E-state index is 13.6. The smallest absolute Gasteiger partial charge is 0.137 e. The number of phenolic OH excluding ortho intramolecular Hbond substituents is 1. The van der Waals surface area contributed by atoms with Crippen molar-refractivity contribution in [2.75, 3.05) is 7.05 Å². The zero-order valence-electron chi connectivity index (χ0n) is 9.57. The number of aromatic nitrogens is 1. The van der Waals surface area contributed by atoms with Gasteiger partial charge >= 0.3 is 0 Å². The molecule has 0 spiro atoms. The van der Waals surface area contributed by atoms with Gasteiger partial charge in [-0.25, -0.2) is 9.37 Å². The SMILES string of the molecule is CNC(C)c1cnc(-c2ccc(O)cc2F)s1. The summed E-state index contributed by atoms with van der Waals surface area (Å²) >= 11 is 1.44. The second-order valence-electron chi connectivity index (χ2n) is 3.74. The fourth-order valence-electron chi connectivity index (χ4n) is 1.43. The van der Waals surface area contributed by atoms with E-state index in [0.717, 1.165) is 10.9 Å². The third-order valence-corrected chi connectivity index (χ3v) is 3.78. The Labute approximate surface area is 103 Å². The van der Waals surface area contributed by atoms with Gasteiger partial charge in [-0.15, -0.1) is 11.3 Å². The lowest BCUT2D eigenvalue weighted by atomic mass is 10.2. The lowest BCUT2D eigenvalue weighted by molar-refractivity contribution is 0.469. The van der Waals surface area contributed by atoms with Crippen LogP contribution in [0.15, 0.2) is 24.4 Å². The number of hydrogen-bond acceptors (Lipinski definition) is 4. The third kappa shape index (κ3) is 2.45. The Kier molecular flexibility index (Phi) is 3.40. The molecule has 0 amide bonds. The lowest BCUT2D eigenvalue weighted by Gasteiger charge is -2.05. The number of aromatic hydroxyl groups is 1. The molecule has 2 rings (SSSR count). The molecular formula is C12H13FN2OS. The van der Waals surface area contributed by atoms with E-state index in [9.17, 15) is 4.39 Å². The molecule has 2 N–H and O–H groups in total. The van der Waals surface area contributed by atoms with Crippen molar-refractivity contribution in [1.29, 1.82) is 0 Å². The van der Waals surface area contributed by atoms with Crippen molar-refractivity contribution in [2.24, 2.45) is 0 Å². The number of halogens is 1. The zero-order valence-corrected chi connectivity index (χ0v) is 10.4. The Bertz CT molecular complexity index is 527. The highest BCUT2D eigenvalue weighted by Crippen LogP contribution is 2.31. The van der Waals surface area contributed by atoms with Crippen molar-refractivity contribution in [1.82, 2.24) is 10.3 Å². The largest absolute Gasteiger partial charge is 0.508 e. The van der Waals surface area contributed by atoms with Crippen LogP contribution >= 0.6 is 11.3 Å². The van der Waals surface area contributed by atoms with Crippen molar-refractivity contribution in [2.45, 2.75) is 13.0 Å². The Balaban J connectivity index is 2.37. The summed E-state index contributed by atoms with van der Waals surface area (Å²) in [5, 5.41) is 12.9. The molecule has 0 aliphatic carbocycles. The van der Waals surface area contributed by atoms with E-state index in [1.54, 1.807) is 6.20 Å². The van der Waals surface area contributed by atoms with Crippen LogP contribution in [0.25, 0.3) is 10.6 Å². The highest BCUT2D eigenvalue weighted by Gasteiger charge is 2.12. The van der Waals surface area contributed by atoms with E-state index in [2.05, 4.69) is 10.3 Å². The minimum absolute atomic E-state index is 0.0772. The fourth-order valence-corrected chi connectivity index (χ4v) is 2.44. The van der Waals surface area contributed by atoms with E-state index >= 15 is 0 Å². The van der Waals surface area contributed by atoms with Gasteiger partial charge in [0.15, 0.2) is 0 Å². The highest BCUT2D eigenvalue weighted by atomic mass is 32.1. The molecule has 1 aromatic carbocycles. The van der Waals surface area contributed by atoms with Crippen LogP contribution in [0, 0.1) is 5.82 Å². The first kappa shape index (κ1) is 12.0. The summed E-state index contributed by atoms with van der Waals surface area (Å²) in [4.78, 5) is 5.25. The summed E-state index contributed by atoms with van der Waals surface area (Å²) in [5.74, 6) is -0.533. The van der Waals surface area contributed by atoms with Crippen molar-refractivity contribution < 1.29 is 9.50 Å². The Hall–Kier alpha value is -1.46. The minimum atomic E-state index is -0.456. The van der Waals surface area contributed by atoms with Gasteiger partial charge in [-0.2, -0.15) is 0 Å². The van der Waals surface area contributed by atoms with Crippen LogP contribution in [0.4, 0.5) is 4.39 Å². The molecule has 0 aliphatic heterocycles. The molecule has 90 valence electrons. The van der Waals surface area contributed by atoms with Gasteiger partial charge in [-0.05, 0) is 26.1 Å². The average molecular weight is 252 g/mol. The average Bonchev–Trinajstić information content (AvgIpc) is 2.77. The molecular weight excluding hydrogens is 239 g/mol. The summed E-state index contributed by atoms with van der Waals surface area (Å²) in [7, 11) is 1.87. The van der Waals surface area contributed by atoms with Crippen molar-refractivity contribution in [3.8, 4) is 16.3 Å². The number of benzene rings is 1. The second-order valence-corrected chi connectivity index (χ2v) is 4.80. The molecule has 1 heterocycles. The third-order valence-electron chi connectivity index (χ3n) is 2.57. The Morgan fingerprint density at radius 2 is 2.24 bits per heavy atom. The summed E-state index contributed by atoms with van der Waals surface area (Å²) in [5.41, 5.74) is 0.419. The van der Waals surface area contributed by atoms with E-state index in [1.807, 2.05) is 14.0 Å². The van der Waals surface area contributed by atoms with Crippen LogP contribution in [0.2, 0.25) is 0 Å². The van der Waals surface area contributed by atoms with E-state index in [1.165, 1.54) is 23.5 Å². The van der Waals surface area contributed by atoms with Crippen molar-refractivity contribution in [3.63, 3.8) is 0 Å². The number of nitrogens with zero attached hydrogens (tertiary/aromatic N) is 1. The van der Waals surface area contributed by atoms with Gasteiger partial charge in [0, 0.05) is 28.7 Å². The number of rotatable bonds is 3. The topological polar surface area (TPSA) is 45.2 Å². The predicted molar refractivity (Wildman–Crippen MR) is 66.6 cm³/mol. The van der Waals surface area contributed by atoms with E-state index in [4.69, 9.17) is 5.11 Å². The van der Waals surface area contributed by atoms with Gasteiger partial charge in [0.1, 0.15) is 16.6 Å². The monoisotopic (exact) mass is 252 g/mol. The van der Waals surface area contributed by atoms with Gasteiger partial charge in [0.05, 0.1) is 0 Å². The molecule has 0 fully saturated rings. The van der Waals surface area contributed by atoms with Crippen LogP contribution in [-0.2, 0) is 0 Å². The highest BCUT2D eigenvalue weighted by molar-refractivity contribution is 7.15. The van der Waals surface area contributed by atoms with E-state index in [-0.39, 0.29) is 11.8 Å². The molecule has 0 aliphatic rings. The molecule has 3 nitrogen and oxygen atoms in total. The van der Waals surface area contributed by atoms with Crippen molar-refractivity contribution >= 4 is 11.3 Å². The molecule has 0 saturated carbocycles. The zero-order chi connectivity index (χ0) is 12.4. The van der Waals surface area contributed by atoms with Gasteiger partial charge in [-0.3, -0.25) is 0 Å². The number of phenols is 1. The number of hydrogen-bond donors (Lipinski definition) is 2. The second kappa shape index (κ2) is 4.81. The van der Waals surface area contributed by atoms with Gasteiger partial charge < -0.3 is 10.4 Å². The summed E-state index contributed by atoms with van der Waals surface area (Å²) in [6, 6.07) is 4.29. The first-order valence-corrected chi connectivity index (χ1v) is 6.05. The first-order chi connectivity index (χ1) is 8.11. The molecule has 0 saturated heterocycles. The van der Waals surface area contributed by atoms with Crippen molar-refractivity contribution in [3.05, 3.63) is 35.1 Å². The van der Waals surface area contributed by atoms with Gasteiger partial charge in [0.25, 0.3) is 0 Å². The fraction of sp³-hybridized carbons (Fsp3) is 0.250. The molecule has 5 heteroatoms. The van der Waals surface area contributed by atoms with Crippen LogP contribution in [0.3, 0.4) is 0 Å². The van der Waals surface area contributed by atoms with Crippen LogP contribution in [-0.4, -0.2) is 17.1 Å². The molecule has 17 heavy (non-hydrogen) atoms. The maximum Gasteiger partial charge on any atom is 0.137 e. The van der Waals surface area contributed by atoms with E-state index in [0.29, 0.717) is 10.6 Å². The number of thiazole rings is 1. The van der Waals surface area contributed by atoms with E-state index < -0.39 is 5.82 Å². The summed E-state index contributed by atoms with van der Waals surface area (Å²) in [6.07, 6.45) is 1.74.